The van der Waals surface area contributed by atoms with E-state index in [0.717, 1.165) is 5.75 Å². The molecule has 1 aromatic rings. The van der Waals surface area contributed by atoms with Gasteiger partial charge in [-0.05, 0) is 27.9 Å². The van der Waals surface area contributed by atoms with Crippen molar-refractivity contribution in [1.82, 2.24) is 4.98 Å². The van der Waals surface area contributed by atoms with E-state index in [1.54, 1.807) is 12.3 Å². The van der Waals surface area contributed by atoms with E-state index in [4.69, 9.17) is 5.11 Å². The molecule has 0 atom stereocenters. The molecule has 0 spiro atoms. The molecule has 0 aliphatic rings. The summed E-state index contributed by atoms with van der Waals surface area (Å²) in [6.07, 6.45) is 1.62. The molecule has 0 aromatic carbocycles. The second-order valence-corrected chi connectivity index (χ2v) is 5.44. The maximum absolute atomic E-state index is 10.9. The Hall–Kier alpha value is -0.550. The van der Waals surface area contributed by atoms with Crippen LogP contribution >= 0.6 is 27.7 Å². The topological polar surface area (TPSA) is 50.2 Å². The van der Waals surface area contributed by atoms with Crippen LogP contribution in [0.1, 0.15) is 24.2 Å². The number of hydrogen-bond acceptors (Lipinski definition) is 3. The Balaban J connectivity index is 2.91. The fraction of sp³-hybridized carbons (Fsp3) is 0.400. The lowest BCUT2D eigenvalue weighted by molar-refractivity contribution is 0.0692. The molecule has 0 radical (unpaired) electrons. The maximum Gasteiger partial charge on any atom is 0.338 e. The van der Waals surface area contributed by atoms with Crippen LogP contribution in [0.3, 0.4) is 0 Å². The first kappa shape index (κ1) is 12.5. The van der Waals surface area contributed by atoms with Gasteiger partial charge in [-0.1, -0.05) is 13.8 Å². The van der Waals surface area contributed by atoms with Crippen LogP contribution in [0.2, 0.25) is 0 Å². The van der Waals surface area contributed by atoms with E-state index < -0.39 is 5.97 Å². The number of carboxylic acids is 1. The molecule has 0 bridgehead atoms. The highest BCUT2D eigenvalue weighted by Crippen LogP contribution is 2.24. The summed E-state index contributed by atoms with van der Waals surface area (Å²) >= 11 is 4.69. The van der Waals surface area contributed by atoms with E-state index in [2.05, 4.69) is 34.8 Å². The molecular weight excluding hydrogens is 278 g/mol. The Morgan fingerprint density at radius 1 is 1.67 bits per heavy atom. The highest BCUT2D eigenvalue weighted by atomic mass is 79.9. The van der Waals surface area contributed by atoms with Crippen LogP contribution in [0.25, 0.3) is 0 Å². The Labute approximate surface area is 101 Å². The molecule has 0 aliphatic heterocycles. The van der Waals surface area contributed by atoms with Crippen molar-refractivity contribution in [3.8, 4) is 0 Å². The van der Waals surface area contributed by atoms with Gasteiger partial charge in [0.1, 0.15) is 5.03 Å². The second-order valence-electron chi connectivity index (χ2n) is 3.52. The zero-order chi connectivity index (χ0) is 11.4. The van der Waals surface area contributed by atoms with Crippen LogP contribution in [0.4, 0.5) is 0 Å². The van der Waals surface area contributed by atoms with Gasteiger partial charge in [0.2, 0.25) is 0 Å². The fourth-order valence-corrected chi connectivity index (χ4v) is 2.19. The van der Waals surface area contributed by atoms with Crippen molar-refractivity contribution in [2.24, 2.45) is 5.92 Å². The number of rotatable bonds is 4. The van der Waals surface area contributed by atoms with Gasteiger partial charge in [-0.15, -0.1) is 11.8 Å². The minimum atomic E-state index is -0.935. The van der Waals surface area contributed by atoms with Gasteiger partial charge in [-0.25, -0.2) is 9.78 Å². The van der Waals surface area contributed by atoms with Crippen LogP contribution < -0.4 is 0 Å². The highest BCUT2D eigenvalue weighted by molar-refractivity contribution is 9.10. The van der Waals surface area contributed by atoms with Gasteiger partial charge in [0, 0.05) is 16.4 Å². The third-order valence-electron chi connectivity index (χ3n) is 1.60. The number of halogens is 1. The normalized spacial score (nSPS) is 10.7. The monoisotopic (exact) mass is 289 g/mol. The van der Waals surface area contributed by atoms with E-state index in [-0.39, 0.29) is 5.56 Å². The molecule has 0 fully saturated rings. The lowest BCUT2D eigenvalue weighted by Crippen LogP contribution is -2.02. The molecule has 0 aliphatic carbocycles. The van der Waals surface area contributed by atoms with E-state index in [9.17, 15) is 4.79 Å². The van der Waals surface area contributed by atoms with Gasteiger partial charge in [0.15, 0.2) is 0 Å². The molecule has 0 saturated heterocycles. The highest BCUT2D eigenvalue weighted by Gasteiger charge is 2.12. The number of carbonyl (C=O) groups is 1. The molecule has 15 heavy (non-hydrogen) atoms. The maximum atomic E-state index is 10.9. The van der Waals surface area contributed by atoms with Gasteiger partial charge in [0.05, 0.1) is 5.56 Å². The summed E-state index contributed by atoms with van der Waals surface area (Å²) < 4.78 is 0.689. The SMILES string of the molecule is CC(C)CSc1ncc(Br)cc1C(=O)O. The fourth-order valence-electron chi connectivity index (χ4n) is 0.941. The van der Waals surface area contributed by atoms with Crippen LogP contribution in [-0.2, 0) is 0 Å². The van der Waals surface area contributed by atoms with Crippen LogP contribution in [0.15, 0.2) is 21.8 Å². The van der Waals surface area contributed by atoms with E-state index in [0.29, 0.717) is 15.4 Å². The summed E-state index contributed by atoms with van der Waals surface area (Å²) in [7, 11) is 0. The molecule has 1 rings (SSSR count). The first-order valence-corrected chi connectivity index (χ1v) is 6.30. The van der Waals surface area contributed by atoms with E-state index >= 15 is 0 Å². The van der Waals surface area contributed by atoms with E-state index in [1.807, 2.05) is 0 Å². The molecule has 0 amide bonds. The van der Waals surface area contributed by atoms with Gasteiger partial charge in [-0.2, -0.15) is 0 Å². The molecule has 0 saturated carbocycles. The standard InChI is InChI=1S/C10H12BrNO2S/c1-6(2)5-15-9-8(10(13)14)3-7(11)4-12-9/h3-4,6H,5H2,1-2H3,(H,13,14). The number of thioether (sulfide) groups is 1. The molecule has 1 heterocycles. The number of pyridine rings is 1. The minimum Gasteiger partial charge on any atom is -0.478 e. The van der Waals surface area contributed by atoms with Crippen molar-refractivity contribution in [3.05, 3.63) is 22.3 Å². The predicted octanol–water partition coefficient (Wildman–Crippen LogP) is 3.29. The van der Waals surface area contributed by atoms with Crippen molar-refractivity contribution in [1.29, 1.82) is 0 Å². The third kappa shape index (κ3) is 3.83. The first-order valence-electron chi connectivity index (χ1n) is 4.52. The smallest absolute Gasteiger partial charge is 0.338 e. The zero-order valence-corrected chi connectivity index (χ0v) is 10.9. The van der Waals surface area contributed by atoms with Gasteiger partial charge >= 0.3 is 5.97 Å². The molecule has 82 valence electrons. The number of nitrogens with zero attached hydrogens (tertiary/aromatic N) is 1. The Morgan fingerprint density at radius 3 is 2.87 bits per heavy atom. The Morgan fingerprint density at radius 2 is 2.33 bits per heavy atom. The summed E-state index contributed by atoms with van der Waals surface area (Å²) in [5, 5.41) is 9.56. The number of hydrogen-bond donors (Lipinski definition) is 1. The lowest BCUT2D eigenvalue weighted by Gasteiger charge is -2.06. The Bertz CT molecular complexity index is 368. The molecule has 1 N–H and O–H groups in total. The lowest BCUT2D eigenvalue weighted by atomic mass is 10.3. The zero-order valence-electron chi connectivity index (χ0n) is 8.53. The average molecular weight is 290 g/mol. The van der Waals surface area contributed by atoms with Crippen molar-refractivity contribution in [2.45, 2.75) is 18.9 Å². The molecule has 3 nitrogen and oxygen atoms in total. The average Bonchev–Trinajstić information content (AvgIpc) is 2.15. The van der Waals surface area contributed by atoms with Crippen molar-refractivity contribution >= 4 is 33.7 Å². The number of carboxylic acid groups (broad SMARTS) is 1. The number of aromatic carboxylic acids is 1. The summed E-state index contributed by atoms with van der Waals surface area (Å²) in [5.74, 6) is 0.451. The molecule has 1 aromatic heterocycles. The predicted molar refractivity (Wildman–Crippen MR) is 64.5 cm³/mol. The molecule has 5 heteroatoms. The second kappa shape index (κ2) is 5.51. The van der Waals surface area contributed by atoms with Crippen molar-refractivity contribution < 1.29 is 9.90 Å². The number of aromatic nitrogens is 1. The minimum absolute atomic E-state index is 0.259. The summed E-state index contributed by atoms with van der Waals surface area (Å²) in [4.78, 5) is 15.1. The van der Waals surface area contributed by atoms with Gasteiger partial charge < -0.3 is 5.11 Å². The van der Waals surface area contributed by atoms with E-state index in [1.165, 1.54) is 11.8 Å². The molecule has 0 unspecified atom stereocenters. The summed E-state index contributed by atoms with van der Waals surface area (Å²) in [6, 6.07) is 1.58. The largest absolute Gasteiger partial charge is 0.478 e. The van der Waals surface area contributed by atoms with Crippen LogP contribution in [0, 0.1) is 5.92 Å². The van der Waals surface area contributed by atoms with Gasteiger partial charge in [-0.3, -0.25) is 0 Å². The first-order chi connectivity index (χ1) is 7.00. The van der Waals surface area contributed by atoms with Crippen LogP contribution in [0.5, 0.6) is 0 Å². The molecular formula is C10H12BrNO2S. The summed E-state index contributed by atoms with van der Waals surface area (Å²) in [5.41, 5.74) is 0.259. The van der Waals surface area contributed by atoms with Gasteiger partial charge in [0.25, 0.3) is 0 Å². The Kier molecular flexibility index (Phi) is 4.60. The van der Waals surface area contributed by atoms with Crippen molar-refractivity contribution in [2.75, 3.05) is 5.75 Å². The van der Waals surface area contributed by atoms with Crippen LogP contribution in [-0.4, -0.2) is 21.8 Å². The quantitative estimate of drug-likeness (QED) is 0.864. The van der Waals surface area contributed by atoms with Crippen molar-refractivity contribution in [3.63, 3.8) is 0 Å². The summed E-state index contributed by atoms with van der Waals surface area (Å²) in [6.45, 7) is 4.18. The third-order valence-corrected chi connectivity index (χ3v) is 3.47.